The Morgan fingerprint density at radius 2 is 2.00 bits per heavy atom. The predicted octanol–water partition coefficient (Wildman–Crippen LogP) is 2.11. The average Bonchev–Trinajstić information content (AvgIpc) is 2.37. The maximum atomic E-state index is 11.9. The second kappa shape index (κ2) is 7.43. The van der Waals surface area contributed by atoms with Gasteiger partial charge in [-0.25, -0.2) is 9.97 Å². The van der Waals surface area contributed by atoms with Crippen LogP contribution in [0.15, 0.2) is 10.7 Å². The Hall–Kier alpha value is -1.17. The summed E-state index contributed by atoms with van der Waals surface area (Å²) < 4.78 is 0.757. The van der Waals surface area contributed by atoms with Crippen LogP contribution in [0.1, 0.15) is 26.1 Å². The highest BCUT2D eigenvalue weighted by Crippen LogP contribution is 2.17. The van der Waals surface area contributed by atoms with E-state index in [-0.39, 0.29) is 5.91 Å². The third-order valence-corrected chi connectivity index (χ3v) is 3.09. The standard InChI is InChI=1S/C13H21BrN4O/c1-5-7-18(9-13(19)17(3)4)12-8-10(14)15-11(6-2)16-12/h8H,5-7,9H2,1-4H3. The summed E-state index contributed by atoms with van der Waals surface area (Å²) >= 11 is 3.40. The third kappa shape index (κ3) is 4.78. The largest absolute Gasteiger partial charge is 0.347 e. The van der Waals surface area contributed by atoms with Gasteiger partial charge in [0, 0.05) is 33.1 Å². The first-order valence-corrected chi connectivity index (χ1v) is 7.25. The van der Waals surface area contributed by atoms with Crippen molar-refractivity contribution in [3.63, 3.8) is 0 Å². The van der Waals surface area contributed by atoms with E-state index in [0.29, 0.717) is 6.54 Å². The van der Waals surface area contributed by atoms with Crippen LogP contribution >= 0.6 is 15.9 Å². The lowest BCUT2D eigenvalue weighted by atomic mass is 10.3. The Balaban J connectivity index is 2.97. The highest BCUT2D eigenvalue weighted by Gasteiger charge is 2.15. The van der Waals surface area contributed by atoms with Crippen molar-refractivity contribution < 1.29 is 4.79 Å². The van der Waals surface area contributed by atoms with Gasteiger partial charge in [0.25, 0.3) is 0 Å². The van der Waals surface area contributed by atoms with E-state index >= 15 is 0 Å². The molecule has 19 heavy (non-hydrogen) atoms. The molecule has 1 heterocycles. The number of carbonyl (C=O) groups is 1. The summed E-state index contributed by atoms with van der Waals surface area (Å²) in [5, 5.41) is 0. The summed E-state index contributed by atoms with van der Waals surface area (Å²) in [5.74, 6) is 1.65. The maximum Gasteiger partial charge on any atom is 0.241 e. The number of amides is 1. The van der Waals surface area contributed by atoms with E-state index < -0.39 is 0 Å². The summed E-state index contributed by atoms with van der Waals surface area (Å²) in [4.78, 5) is 24.3. The van der Waals surface area contributed by atoms with Gasteiger partial charge in [-0.15, -0.1) is 0 Å². The van der Waals surface area contributed by atoms with Crippen molar-refractivity contribution in [2.45, 2.75) is 26.7 Å². The van der Waals surface area contributed by atoms with Crippen molar-refractivity contribution in [1.29, 1.82) is 0 Å². The zero-order valence-corrected chi connectivity index (χ0v) is 13.6. The molecule has 1 amide bonds. The first-order chi connectivity index (χ1) is 8.97. The van der Waals surface area contributed by atoms with Gasteiger partial charge in [0.05, 0.1) is 6.54 Å². The first-order valence-electron chi connectivity index (χ1n) is 6.46. The fraction of sp³-hybridized carbons (Fsp3) is 0.615. The van der Waals surface area contributed by atoms with Gasteiger partial charge in [-0.2, -0.15) is 0 Å². The van der Waals surface area contributed by atoms with Crippen LogP contribution in [0.4, 0.5) is 5.82 Å². The number of hydrogen-bond donors (Lipinski definition) is 0. The van der Waals surface area contributed by atoms with Crippen molar-refractivity contribution in [2.24, 2.45) is 0 Å². The molecule has 0 radical (unpaired) electrons. The van der Waals surface area contributed by atoms with Crippen LogP contribution < -0.4 is 4.90 Å². The molecule has 6 heteroatoms. The fourth-order valence-corrected chi connectivity index (χ4v) is 2.03. The second-order valence-electron chi connectivity index (χ2n) is 4.53. The molecule has 0 atom stereocenters. The Labute approximate surface area is 123 Å². The average molecular weight is 329 g/mol. The van der Waals surface area contributed by atoms with Gasteiger partial charge in [0.1, 0.15) is 16.2 Å². The molecule has 0 aliphatic rings. The smallest absolute Gasteiger partial charge is 0.241 e. The second-order valence-corrected chi connectivity index (χ2v) is 5.34. The molecule has 0 aliphatic heterocycles. The summed E-state index contributed by atoms with van der Waals surface area (Å²) in [6, 6.07) is 1.86. The van der Waals surface area contributed by atoms with E-state index in [1.807, 2.05) is 17.9 Å². The van der Waals surface area contributed by atoms with Crippen LogP contribution in [0.25, 0.3) is 0 Å². The minimum absolute atomic E-state index is 0.0706. The fourth-order valence-electron chi connectivity index (χ4n) is 1.62. The molecule has 0 fully saturated rings. The highest BCUT2D eigenvalue weighted by atomic mass is 79.9. The number of hydrogen-bond acceptors (Lipinski definition) is 4. The molecule has 0 saturated heterocycles. The molecule has 0 aliphatic carbocycles. The summed E-state index contributed by atoms with van der Waals surface area (Å²) in [7, 11) is 3.53. The predicted molar refractivity (Wildman–Crippen MR) is 80.3 cm³/mol. The molecule has 0 saturated carbocycles. The topological polar surface area (TPSA) is 49.3 Å². The minimum atomic E-state index is 0.0706. The molecule has 0 N–H and O–H groups in total. The highest BCUT2D eigenvalue weighted by molar-refractivity contribution is 9.10. The Morgan fingerprint density at radius 3 is 2.53 bits per heavy atom. The van der Waals surface area contributed by atoms with Crippen molar-refractivity contribution in [1.82, 2.24) is 14.9 Å². The van der Waals surface area contributed by atoms with Crippen LogP contribution in [0.2, 0.25) is 0 Å². The lowest BCUT2D eigenvalue weighted by Crippen LogP contribution is -2.37. The van der Waals surface area contributed by atoms with Crippen LogP contribution in [0.3, 0.4) is 0 Å². The van der Waals surface area contributed by atoms with E-state index in [9.17, 15) is 4.79 Å². The molecule has 1 aromatic heterocycles. The molecule has 5 nitrogen and oxygen atoms in total. The number of rotatable bonds is 6. The SMILES string of the molecule is CCCN(CC(=O)N(C)C)c1cc(Br)nc(CC)n1. The molecule has 1 aromatic rings. The van der Waals surface area contributed by atoms with E-state index in [4.69, 9.17) is 0 Å². The molecule has 0 bridgehead atoms. The molecule has 106 valence electrons. The van der Waals surface area contributed by atoms with Crippen molar-refractivity contribution >= 4 is 27.7 Å². The number of likely N-dealkylation sites (N-methyl/N-ethyl adjacent to an activating group) is 1. The van der Waals surface area contributed by atoms with Gasteiger partial charge in [-0.05, 0) is 22.4 Å². The molecule has 0 unspecified atom stereocenters. The number of aryl methyl sites for hydroxylation is 1. The van der Waals surface area contributed by atoms with Crippen LogP contribution in [-0.4, -0.2) is 48.0 Å². The van der Waals surface area contributed by atoms with Crippen LogP contribution in [0, 0.1) is 0 Å². The third-order valence-electron chi connectivity index (χ3n) is 2.69. The number of nitrogens with zero attached hydrogens (tertiary/aromatic N) is 4. The lowest BCUT2D eigenvalue weighted by Gasteiger charge is -2.24. The number of halogens is 1. The van der Waals surface area contributed by atoms with Gasteiger partial charge >= 0.3 is 0 Å². The number of anilines is 1. The Kier molecular flexibility index (Phi) is 6.21. The Bertz CT molecular complexity index is 437. The number of carbonyl (C=O) groups excluding carboxylic acids is 1. The molecule has 0 aromatic carbocycles. The van der Waals surface area contributed by atoms with E-state index in [2.05, 4.69) is 32.8 Å². The van der Waals surface area contributed by atoms with Crippen LogP contribution in [0.5, 0.6) is 0 Å². The minimum Gasteiger partial charge on any atom is -0.347 e. The maximum absolute atomic E-state index is 11.9. The van der Waals surface area contributed by atoms with Gasteiger partial charge in [0.2, 0.25) is 5.91 Å². The summed E-state index contributed by atoms with van der Waals surface area (Å²) in [6.07, 6.45) is 1.73. The van der Waals surface area contributed by atoms with Crippen molar-refractivity contribution in [3.8, 4) is 0 Å². The number of aromatic nitrogens is 2. The molecule has 1 rings (SSSR count). The summed E-state index contributed by atoms with van der Waals surface area (Å²) in [6.45, 7) is 5.24. The van der Waals surface area contributed by atoms with Gasteiger partial charge in [0.15, 0.2) is 0 Å². The zero-order chi connectivity index (χ0) is 14.4. The van der Waals surface area contributed by atoms with E-state index in [0.717, 1.165) is 35.6 Å². The van der Waals surface area contributed by atoms with Crippen LogP contribution in [-0.2, 0) is 11.2 Å². The molecule has 0 spiro atoms. The quantitative estimate of drug-likeness (QED) is 0.750. The molecular weight excluding hydrogens is 308 g/mol. The summed E-state index contributed by atoms with van der Waals surface area (Å²) in [5.41, 5.74) is 0. The van der Waals surface area contributed by atoms with Gasteiger partial charge in [-0.3, -0.25) is 4.79 Å². The van der Waals surface area contributed by atoms with Crippen molar-refractivity contribution in [3.05, 3.63) is 16.5 Å². The molecular formula is C13H21BrN4O. The Morgan fingerprint density at radius 1 is 1.32 bits per heavy atom. The van der Waals surface area contributed by atoms with Crippen molar-refractivity contribution in [2.75, 3.05) is 32.1 Å². The zero-order valence-electron chi connectivity index (χ0n) is 12.0. The normalized spacial score (nSPS) is 10.4. The van der Waals surface area contributed by atoms with Gasteiger partial charge in [-0.1, -0.05) is 13.8 Å². The van der Waals surface area contributed by atoms with E-state index in [1.54, 1.807) is 19.0 Å². The monoisotopic (exact) mass is 328 g/mol. The lowest BCUT2D eigenvalue weighted by molar-refractivity contribution is -0.127. The van der Waals surface area contributed by atoms with Gasteiger partial charge < -0.3 is 9.80 Å². The van der Waals surface area contributed by atoms with E-state index in [1.165, 1.54) is 0 Å². The first kappa shape index (κ1) is 15.9.